The second kappa shape index (κ2) is 10.3. The van der Waals surface area contributed by atoms with Crippen LogP contribution < -0.4 is 10.6 Å². The highest BCUT2D eigenvalue weighted by atomic mass is 16.5. The molecule has 3 amide bonds. The predicted molar refractivity (Wildman–Crippen MR) is 140 cm³/mol. The second-order valence-corrected chi connectivity index (χ2v) is 10.5. The van der Waals surface area contributed by atoms with Crippen LogP contribution in [0.15, 0.2) is 48.5 Å². The van der Waals surface area contributed by atoms with Crippen molar-refractivity contribution in [1.29, 1.82) is 0 Å². The summed E-state index contributed by atoms with van der Waals surface area (Å²) in [7, 11) is 0. The Morgan fingerprint density at radius 1 is 1.05 bits per heavy atom. The number of hydrogen-bond donors (Lipinski definition) is 3. The maximum absolute atomic E-state index is 13.9. The van der Waals surface area contributed by atoms with E-state index in [0.717, 1.165) is 17.5 Å². The number of nitrogens with zero attached hydrogens (tertiary/aromatic N) is 1. The van der Waals surface area contributed by atoms with E-state index in [1.807, 2.05) is 62.4 Å². The van der Waals surface area contributed by atoms with Crippen molar-refractivity contribution in [3.8, 4) is 0 Å². The number of rotatable bonds is 9. The molecule has 3 N–H and O–H groups in total. The molecule has 196 valence electrons. The third-order valence-electron chi connectivity index (χ3n) is 8.10. The quantitative estimate of drug-likeness (QED) is 0.453. The Hall–Kier alpha value is -3.23. The van der Waals surface area contributed by atoms with Crippen LogP contribution in [0, 0.1) is 25.7 Å². The summed E-state index contributed by atoms with van der Waals surface area (Å²) in [5.41, 5.74) is 2.31. The molecule has 3 saturated heterocycles. The molecule has 2 aromatic rings. The zero-order chi connectivity index (χ0) is 26.2. The van der Waals surface area contributed by atoms with Crippen LogP contribution in [-0.4, -0.2) is 58.6 Å². The highest BCUT2D eigenvalue weighted by molar-refractivity contribution is 6.05. The number of fused-ring (bicyclic) bond motifs is 1. The first-order valence-corrected chi connectivity index (χ1v) is 13.2. The van der Waals surface area contributed by atoms with Crippen molar-refractivity contribution in [3.63, 3.8) is 0 Å². The average molecular weight is 506 g/mol. The Bertz CT molecular complexity index is 1190. The van der Waals surface area contributed by atoms with E-state index in [0.29, 0.717) is 43.6 Å². The number of aliphatic hydroxyl groups is 1. The first kappa shape index (κ1) is 25.4. The number of aryl methyl sites for hydroxylation is 2. The lowest BCUT2D eigenvalue weighted by atomic mass is 9.70. The largest absolute Gasteiger partial charge is 0.396 e. The van der Waals surface area contributed by atoms with Crippen molar-refractivity contribution in [2.45, 2.75) is 63.7 Å². The summed E-state index contributed by atoms with van der Waals surface area (Å²) >= 11 is 0. The molecule has 3 aliphatic rings. The maximum atomic E-state index is 13.9. The van der Waals surface area contributed by atoms with Crippen LogP contribution >= 0.6 is 0 Å². The van der Waals surface area contributed by atoms with E-state index in [2.05, 4.69) is 10.6 Å². The Labute approximate surface area is 217 Å². The summed E-state index contributed by atoms with van der Waals surface area (Å²) in [6.45, 7) is 4.37. The summed E-state index contributed by atoms with van der Waals surface area (Å²) < 4.78 is 6.48. The van der Waals surface area contributed by atoms with E-state index in [1.165, 1.54) is 0 Å². The number of carbonyl (C=O) groups excluding carboxylic acids is 3. The second-order valence-electron chi connectivity index (χ2n) is 10.5. The lowest BCUT2D eigenvalue weighted by Crippen LogP contribution is -2.53. The molecule has 8 heteroatoms. The third-order valence-corrected chi connectivity index (χ3v) is 8.10. The Morgan fingerprint density at radius 2 is 1.84 bits per heavy atom. The van der Waals surface area contributed by atoms with Crippen LogP contribution in [0.5, 0.6) is 0 Å². The SMILES string of the molecule is Cc1ccc(C)c(NC(=O)C2N(CCCCCO)C(=O)[C@@H]3[C@H](C(=O)Nc4ccccc4)[C@@H]4CCC23O4)c1. The van der Waals surface area contributed by atoms with E-state index in [4.69, 9.17) is 4.74 Å². The van der Waals surface area contributed by atoms with Gasteiger partial charge in [0.25, 0.3) is 0 Å². The first-order valence-electron chi connectivity index (χ1n) is 13.2. The molecular weight excluding hydrogens is 470 g/mol. The standard InChI is InChI=1S/C29H35N3O5/c1-18-11-12-19(2)21(17-18)31-27(35)25-29-14-13-22(37-29)23(26(34)30-20-9-5-3-6-10-20)24(29)28(36)32(25)15-7-4-8-16-33/h3,5-6,9-12,17,22-25,33H,4,7-8,13-16H2,1-2H3,(H,30,34)(H,31,35)/t22-,23+,24-,25?,29?/m0/s1. The van der Waals surface area contributed by atoms with Crippen LogP contribution in [0.3, 0.4) is 0 Å². The van der Waals surface area contributed by atoms with E-state index in [1.54, 1.807) is 4.90 Å². The predicted octanol–water partition coefficient (Wildman–Crippen LogP) is 3.42. The molecule has 0 radical (unpaired) electrons. The minimum atomic E-state index is -1.03. The third kappa shape index (κ3) is 4.53. The Kier molecular flexibility index (Phi) is 7.05. The molecule has 1 spiro atoms. The van der Waals surface area contributed by atoms with Crippen LogP contribution in [0.2, 0.25) is 0 Å². The number of likely N-dealkylation sites (tertiary alicyclic amines) is 1. The average Bonchev–Trinajstić information content (AvgIpc) is 3.52. The Balaban J connectivity index is 1.45. The number of aliphatic hydroxyl groups excluding tert-OH is 1. The van der Waals surface area contributed by atoms with Gasteiger partial charge in [0.2, 0.25) is 17.7 Å². The van der Waals surface area contributed by atoms with Gasteiger partial charge in [0.05, 0.1) is 17.9 Å². The summed E-state index contributed by atoms with van der Waals surface area (Å²) in [6, 6.07) is 14.2. The van der Waals surface area contributed by atoms with Crippen molar-refractivity contribution < 1.29 is 24.2 Å². The molecule has 37 heavy (non-hydrogen) atoms. The maximum Gasteiger partial charge on any atom is 0.250 e. The molecule has 2 bridgehead atoms. The number of anilines is 2. The normalized spacial score (nSPS) is 27.9. The van der Waals surface area contributed by atoms with Gasteiger partial charge in [-0.25, -0.2) is 0 Å². The molecule has 3 aliphatic heterocycles. The van der Waals surface area contributed by atoms with Crippen LogP contribution in [0.4, 0.5) is 11.4 Å². The highest BCUT2D eigenvalue weighted by Crippen LogP contribution is 2.58. The van der Waals surface area contributed by atoms with Gasteiger partial charge in [-0.3, -0.25) is 14.4 Å². The molecule has 8 nitrogen and oxygen atoms in total. The molecule has 3 fully saturated rings. The van der Waals surface area contributed by atoms with E-state index in [-0.39, 0.29) is 24.3 Å². The first-order chi connectivity index (χ1) is 17.9. The lowest BCUT2D eigenvalue weighted by Gasteiger charge is -2.33. The molecular formula is C29H35N3O5. The summed E-state index contributed by atoms with van der Waals surface area (Å²) in [4.78, 5) is 42.9. The fourth-order valence-corrected chi connectivity index (χ4v) is 6.38. The molecule has 5 atom stereocenters. The van der Waals surface area contributed by atoms with E-state index >= 15 is 0 Å². The van der Waals surface area contributed by atoms with Crippen molar-refractivity contribution in [2.24, 2.45) is 11.8 Å². The van der Waals surface area contributed by atoms with Crippen molar-refractivity contribution in [1.82, 2.24) is 4.90 Å². The number of benzene rings is 2. The minimum absolute atomic E-state index is 0.0869. The van der Waals surface area contributed by atoms with Crippen LogP contribution in [-0.2, 0) is 19.1 Å². The number of unbranched alkanes of at least 4 members (excludes halogenated alkanes) is 2. The van der Waals surface area contributed by atoms with Crippen molar-refractivity contribution in [2.75, 3.05) is 23.8 Å². The van der Waals surface area contributed by atoms with E-state index < -0.39 is 29.6 Å². The van der Waals surface area contributed by atoms with Gasteiger partial charge in [-0.1, -0.05) is 30.3 Å². The number of carbonyl (C=O) groups is 3. The van der Waals surface area contributed by atoms with Gasteiger partial charge in [-0.15, -0.1) is 0 Å². The van der Waals surface area contributed by atoms with Gasteiger partial charge < -0.3 is 25.4 Å². The summed E-state index contributed by atoms with van der Waals surface area (Å²) in [5, 5.41) is 15.2. The number of hydrogen-bond acceptors (Lipinski definition) is 5. The van der Waals surface area contributed by atoms with Gasteiger partial charge in [-0.05, 0) is 75.3 Å². The van der Waals surface area contributed by atoms with Gasteiger partial charge in [0.15, 0.2) is 0 Å². The van der Waals surface area contributed by atoms with Gasteiger partial charge >= 0.3 is 0 Å². The molecule has 5 rings (SSSR count). The number of para-hydroxylation sites is 1. The van der Waals surface area contributed by atoms with Crippen LogP contribution in [0.1, 0.15) is 43.2 Å². The summed E-state index contributed by atoms with van der Waals surface area (Å²) in [6.07, 6.45) is 2.82. The molecule has 0 saturated carbocycles. The fourth-order valence-electron chi connectivity index (χ4n) is 6.38. The monoisotopic (exact) mass is 505 g/mol. The van der Waals surface area contributed by atoms with Crippen molar-refractivity contribution >= 4 is 29.1 Å². The van der Waals surface area contributed by atoms with Crippen LogP contribution in [0.25, 0.3) is 0 Å². The van der Waals surface area contributed by atoms with Gasteiger partial charge in [0.1, 0.15) is 11.6 Å². The topological polar surface area (TPSA) is 108 Å². The molecule has 2 aromatic carbocycles. The fraction of sp³-hybridized carbons (Fsp3) is 0.483. The van der Waals surface area contributed by atoms with Gasteiger partial charge in [-0.2, -0.15) is 0 Å². The number of nitrogens with one attached hydrogen (secondary N) is 2. The summed E-state index contributed by atoms with van der Waals surface area (Å²) in [5.74, 6) is -2.08. The number of ether oxygens (including phenoxy) is 1. The van der Waals surface area contributed by atoms with Gasteiger partial charge in [0, 0.05) is 24.5 Å². The molecule has 3 heterocycles. The molecule has 2 unspecified atom stereocenters. The van der Waals surface area contributed by atoms with Crippen molar-refractivity contribution in [3.05, 3.63) is 59.7 Å². The zero-order valence-electron chi connectivity index (χ0n) is 21.4. The van der Waals surface area contributed by atoms with E-state index in [9.17, 15) is 19.5 Å². The smallest absolute Gasteiger partial charge is 0.250 e. The Morgan fingerprint density at radius 3 is 2.59 bits per heavy atom. The number of amides is 3. The highest BCUT2D eigenvalue weighted by Gasteiger charge is 2.74. The molecule has 0 aliphatic carbocycles. The minimum Gasteiger partial charge on any atom is -0.396 e. The molecule has 0 aromatic heterocycles. The zero-order valence-corrected chi connectivity index (χ0v) is 21.4. The lowest BCUT2D eigenvalue weighted by molar-refractivity contribution is -0.139.